The Kier molecular flexibility index (Phi) is 6.11. The van der Waals surface area contributed by atoms with Crippen molar-refractivity contribution in [2.45, 2.75) is 0 Å². The van der Waals surface area contributed by atoms with Crippen molar-refractivity contribution >= 4 is 28.3 Å². The predicted molar refractivity (Wildman–Crippen MR) is 129 cm³/mol. The third-order valence-electron chi connectivity index (χ3n) is 5.30. The van der Waals surface area contributed by atoms with Gasteiger partial charge in [0.2, 0.25) is 0 Å². The summed E-state index contributed by atoms with van der Waals surface area (Å²) >= 11 is 0. The SMILES string of the molecule is [Pt+2].[c-]1c(-c2cccc(N(c3ccccc3)c3cccc(-n4[c-]ccc4)n3)n2)oc2ccccc12. The summed E-state index contributed by atoms with van der Waals surface area (Å²) in [5, 5.41) is 0.928. The van der Waals surface area contributed by atoms with Crippen LogP contribution in [0.5, 0.6) is 0 Å². The molecule has 5 nitrogen and oxygen atoms in total. The molecule has 34 heavy (non-hydrogen) atoms. The van der Waals surface area contributed by atoms with E-state index in [1.54, 1.807) is 0 Å². The van der Waals surface area contributed by atoms with Crippen LogP contribution in [-0.2, 0) is 21.1 Å². The molecule has 0 saturated heterocycles. The number of fused-ring (bicyclic) bond motifs is 1. The summed E-state index contributed by atoms with van der Waals surface area (Å²) in [7, 11) is 0. The molecule has 0 unspecified atom stereocenters. The summed E-state index contributed by atoms with van der Waals surface area (Å²) in [5.74, 6) is 2.86. The maximum absolute atomic E-state index is 6.01. The van der Waals surface area contributed by atoms with Crippen LogP contribution in [0, 0.1) is 12.3 Å². The Labute approximate surface area is 211 Å². The monoisotopic (exact) mass is 621 g/mol. The first-order valence-electron chi connectivity index (χ1n) is 10.6. The fourth-order valence-electron chi connectivity index (χ4n) is 3.78. The number of benzene rings is 2. The summed E-state index contributed by atoms with van der Waals surface area (Å²) in [6, 6.07) is 36.8. The third-order valence-corrected chi connectivity index (χ3v) is 5.30. The van der Waals surface area contributed by atoms with Crippen molar-refractivity contribution in [3.63, 3.8) is 0 Å². The van der Waals surface area contributed by atoms with E-state index in [-0.39, 0.29) is 21.1 Å². The van der Waals surface area contributed by atoms with Crippen LogP contribution in [0.25, 0.3) is 28.2 Å². The summed E-state index contributed by atoms with van der Waals surface area (Å²) in [6.07, 6.45) is 5.07. The average Bonchev–Trinajstić information content (AvgIpc) is 3.56. The number of hydrogen-bond donors (Lipinski definition) is 0. The van der Waals surface area contributed by atoms with Crippen molar-refractivity contribution in [2.24, 2.45) is 0 Å². The Hall–Kier alpha value is -3.95. The molecule has 0 radical (unpaired) electrons. The molecule has 6 heteroatoms. The molecule has 0 aliphatic rings. The largest absolute Gasteiger partial charge is 2.00 e. The van der Waals surface area contributed by atoms with Crippen molar-refractivity contribution < 1.29 is 25.5 Å². The van der Waals surface area contributed by atoms with E-state index in [9.17, 15) is 0 Å². The number of pyridine rings is 2. The van der Waals surface area contributed by atoms with Gasteiger partial charge in [0.05, 0.1) is 11.6 Å². The first kappa shape index (κ1) is 21.9. The van der Waals surface area contributed by atoms with Gasteiger partial charge in [-0.05, 0) is 24.3 Å². The summed E-state index contributed by atoms with van der Waals surface area (Å²) in [4.78, 5) is 11.8. The summed E-state index contributed by atoms with van der Waals surface area (Å²) in [5.41, 5.74) is 2.45. The molecule has 0 amide bonds. The van der Waals surface area contributed by atoms with Gasteiger partial charge in [-0.1, -0.05) is 66.9 Å². The van der Waals surface area contributed by atoms with Gasteiger partial charge in [0.1, 0.15) is 11.6 Å². The van der Waals surface area contributed by atoms with Gasteiger partial charge in [-0.15, -0.1) is 29.8 Å². The topological polar surface area (TPSA) is 47.1 Å². The Morgan fingerprint density at radius 2 is 1.50 bits per heavy atom. The molecule has 0 aliphatic carbocycles. The molecule has 0 atom stereocenters. The van der Waals surface area contributed by atoms with Crippen molar-refractivity contribution in [1.29, 1.82) is 0 Å². The van der Waals surface area contributed by atoms with Gasteiger partial charge in [0, 0.05) is 17.0 Å². The van der Waals surface area contributed by atoms with Gasteiger partial charge in [0.25, 0.3) is 0 Å². The van der Waals surface area contributed by atoms with E-state index in [1.807, 2.05) is 119 Å². The van der Waals surface area contributed by atoms with Gasteiger partial charge >= 0.3 is 21.1 Å². The molecule has 6 rings (SSSR count). The van der Waals surface area contributed by atoms with Crippen molar-refractivity contribution in [3.8, 4) is 17.3 Å². The zero-order valence-electron chi connectivity index (χ0n) is 17.9. The fraction of sp³-hybridized carbons (Fsp3) is 0. The van der Waals surface area contributed by atoms with Crippen LogP contribution in [0.3, 0.4) is 0 Å². The Balaban J connectivity index is 0.00000241. The van der Waals surface area contributed by atoms with Gasteiger partial charge in [-0.25, -0.2) is 0 Å². The normalized spacial score (nSPS) is 10.7. The number of aromatic nitrogens is 3. The Morgan fingerprint density at radius 1 is 0.735 bits per heavy atom. The minimum absolute atomic E-state index is 0. The molecule has 6 aromatic rings. The van der Waals surface area contributed by atoms with Crippen molar-refractivity contribution in [1.82, 2.24) is 14.5 Å². The van der Waals surface area contributed by atoms with Crippen LogP contribution in [0.2, 0.25) is 0 Å². The van der Waals surface area contributed by atoms with E-state index in [4.69, 9.17) is 14.4 Å². The molecular formula is C28H18N4OPt. The fourth-order valence-corrected chi connectivity index (χ4v) is 3.78. The maximum Gasteiger partial charge on any atom is 2.00 e. The second-order valence-electron chi connectivity index (χ2n) is 7.47. The van der Waals surface area contributed by atoms with E-state index in [1.165, 1.54) is 0 Å². The minimum Gasteiger partial charge on any atom is -0.518 e. The number of anilines is 3. The van der Waals surface area contributed by atoms with Crippen LogP contribution >= 0.6 is 0 Å². The number of nitrogens with zero attached hydrogens (tertiary/aromatic N) is 4. The van der Waals surface area contributed by atoms with E-state index in [0.717, 1.165) is 34.1 Å². The average molecular weight is 622 g/mol. The van der Waals surface area contributed by atoms with Crippen molar-refractivity contribution in [3.05, 3.63) is 122 Å². The van der Waals surface area contributed by atoms with Gasteiger partial charge in [-0.2, -0.15) is 6.07 Å². The van der Waals surface area contributed by atoms with E-state index in [2.05, 4.69) is 12.3 Å². The molecule has 0 aliphatic heterocycles. The number of rotatable bonds is 5. The van der Waals surface area contributed by atoms with Crippen molar-refractivity contribution in [2.75, 3.05) is 4.90 Å². The number of hydrogen-bond acceptors (Lipinski definition) is 4. The molecule has 4 aromatic heterocycles. The van der Waals surface area contributed by atoms with Gasteiger partial charge in [-0.3, -0.25) is 14.9 Å². The smallest absolute Gasteiger partial charge is 0.518 e. The zero-order valence-corrected chi connectivity index (χ0v) is 20.2. The van der Waals surface area contributed by atoms with Crippen LogP contribution < -0.4 is 4.90 Å². The number of furan rings is 1. The molecule has 2 aromatic carbocycles. The van der Waals surface area contributed by atoms with Gasteiger partial charge < -0.3 is 8.98 Å². The van der Waals surface area contributed by atoms with E-state index < -0.39 is 0 Å². The molecule has 0 saturated carbocycles. The Morgan fingerprint density at radius 3 is 2.29 bits per heavy atom. The molecule has 0 bridgehead atoms. The Bertz CT molecular complexity index is 1490. The summed E-state index contributed by atoms with van der Waals surface area (Å²) in [6.45, 7) is 0. The van der Waals surface area contributed by atoms with Crippen LogP contribution in [0.15, 0.2) is 114 Å². The zero-order chi connectivity index (χ0) is 22.0. The quantitative estimate of drug-likeness (QED) is 0.200. The maximum atomic E-state index is 6.01. The molecular weight excluding hydrogens is 603 g/mol. The second-order valence-corrected chi connectivity index (χ2v) is 7.47. The summed E-state index contributed by atoms with van der Waals surface area (Å²) < 4.78 is 7.87. The standard InChI is InChI=1S/C28H18N4O.Pt/c1-2-11-22(12-3-1)32(28-17-9-15-26(30-28)31-18-6-7-19-31)27-16-8-13-23(29-27)25-20-21-10-4-5-14-24(21)33-25;/h1-18H;/q-2;+2. The van der Waals surface area contributed by atoms with E-state index >= 15 is 0 Å². The molecule has 4 heterocycles. The predicted octanol–water partition coefficient (Wildman–Crippen LogP) is 6.75. The first-order chi connectivity index (χ1) is 16.3. The second kappa shape index (κ2) is 9.50. The molecule has 0 N–H and O–H groups in total. The first-order valence-corrected chi connectivity index (χ1v) is 10.6. The van der Waals surface area contributed by atoms with Crippen LogP contribution in [0.1, 0.15) is 0 Å². The van der Waals surface area contributed by atoms with E-state index in [0.29, 0.717) is 11.5 Å². The molecule has 0 fully saturated rings. The third kappa shape index (κ3) is 4.18. The van der Waals surface area contributed by atoms with Gasteiger partial charge in [0.15, 0.2) is 0 Å². The van der Waals surface area contributed by atoms with Crippen LogP contribution in [0.4, 0.5) is 17.3 Å². The van der Waals surface area contributed by atoms with Crippen LogP contribution in [-0.4, -0.2) is 14.5 Å². The molecule has 166 valence electrons. The minimum atomic E-state index is 0. The molecule has 0 spiro atoms. The number of para-hydroxylation sites is 2.